The molecule has 1 fully saturated rings. The average Bonchev–Trinajstić information content (AvgIpc) is 2.29. The molecule has 1 aliphatic rings. The highest BCUT2D eigenvalue weighted by Crippen LogP contribution is 2.35. The van der Waals surface area contributed by atoms with E-state index in [0.29, 0.717) is 6.42 Å². The van der Waals surface area contributed by atoms with Gasteiger partial charge in [-0.25, -0.2) is 0 Å². The third kappa shape index (κ3) is 2.55. The molecule has 2 atom stereocenters. The molecule has 16 heavy (non-hydrogen) atoms. The Morgan fingerprint density at radius 2 is 1.75 bits per heavy atom. The summed E-state index contributed by atoms with van der Waals surface area (Å²) in [5.74, 6) is -1.19. The lowest BCUT2D eigenvalue weighted by Crippen LogP contribution is -2.40. The van der Waals surface area contributed by atoms with Gasteiger partial charge in [-0.15, -0.1) is 0 Å². The van der Waals surface area contributed by atoms with Crippen LogP contribution in [-0.2, 0) is 0 Å². The van der Waals surface area contributed by atoms with E-state index in [1.807, 2.05) is 30.3 Å². The molecule has 0 radical (unpaired) electrons. The second kappa shape index (κ2) is 4.45. The average molecular weight is 229 g/mol. The molecule has 1 N–H and O–H groups in total. The summed E-state index contributed by atoms with van der Waals surface area (Å²) in [6, 6.07) is 9.70. The zero-order chi connectivity index (χ0) is 11.6. The Bertz CT molecular complexity index is 326. The predicted octanol–water partition coefficient (Wildman–Crippen LogP) is 3.29. The summed E-state index contributed by atoms with van der Waals surface area (Å²) in [5.41, 5.74) is 1.07. The monoisotopic (exact) mass is 229 g/mol. The number of alkyl halides is 3. The van der Waals surface area contributed by atoms with Crippen molar-refractivity contribution >= 4 is 0 Å². The second-order valence-electron chi connectivity index (χ2n) is 4.19. The Kier molecular flexibility index (Phi) is 3.19. The van der Waals surface area contributed by atoms with Gasteiger partial charge in [0.2, 0.25) is 0 Å². The fourth-order valence-corrected chi connectivity index (χ4v) is 2.11. The third-order valence-corrected chi connectivity index (χ3v) is 3.08. The Morgan fingerprint density at radius 3 is 2.25 bits per heavy atom. The highest BCUT2D eigenvalue weighted by atomic mass is 19.4. The van der Waals surface area contributed by atoms with E-state index in [0.717, 1.165) is 5.56 Å². The molecule has 2 rings (SSSR count). The van der Waals surface area contributed by atoms with Crippen LogP contribution < -0.4 is 5.32 Å². The quantitative estimate of drug-likeness (QED) is 0.779. The van der Waals surface area contributed by atoms with Crippen LogP contribution in [0.2, 0.25) is 0 Å². The zero-order valence-electron chi connectivity index (χ0n) is 8.80. The fraction of sp³-hybridized carbons (Fsp3) is 0.500. The highest BCUT2D eigenvalue weighted by molar-refractivity contribution is 5.19. The second-order valence-corrected chi connectivity index (χ2v) is 4.19. The maximum atomic E-state index is 12.4. The molecule has 1 aliphatic heterocycles. The van der Waals surface area contributed by atoms with Crippen LogP contribution in [0.1, 0.15) is 24.4 Å². The van der Waals surface area contributed by atoms with Crippen molar-refractivity contribution in [1.29, 1.82) is 0 Å². The van der Waals surface area contributed by atoms with Crippen molar-refractivity contribution in [1.82, 2.24) is 5.32 Å². The normalized spacial score (nSPS) is 26.7. The number of nitrogens with one attached hydrogen (secondary N) is 1. The summed E-state index contributed by atoms with van der Waals surface area (Å²) >= 11 is 0. The van der Waals surface area contributed by atoms with Crippen molar-refractivity contribution in [3.8, 4) is 0 Å². The molecule has 1 heterocycles. The molecule has 4 heteroatoms. The first-order valence-electron chi connectivity index (χ1n) is 5.42. The van der Waals surface area contributed by atoms with Gasteiger partial charge in [-0.3, -0.25) is 0 Å². The first-order valence-corrected chi connectivity index (χ1v) is 5.42. The summed E-state index contributed by atoms with van der Waals surface area (Å²) in [5, 5.41) is 2.97. The van der Waals surface area contributed by atoms with E-state index in [2.05, 4.69) is 5.32 Å². The van der Waals surface area contributed by atoms with Gasteiger partial charge in [0.05, 0.1) is 5.92 Å². The van der Waals surface area contributed by atoms with Crippen LogP contribution in [0.3, 0.4) is 0 Å². The Labute approximate surface area is 92.7 Å². The maximum absolute atomic E-state index is 12.4. The first kappa shape index (κ1) is 11.5. The predicted molar refractivity (Wildman–Crippen MR) is 56.0 cm³/mol. The van der Waals surface area contributed by atoms with Gasteiger partial charge in [-0.1, -0.05) is 30.3 Å². The largest absolute Gasteiger partial charge is 0.393 e. The summed E-state index contributed by atoms with van der Waals surface area (Å²) in [6.45, 7) is 0.0308. The van der Waals surface area contributed by atoms with Crippen LogP contribution >= 0.6 is 0 Å². The minimum Gasteiger partial charge on any atom is -0.309 e. The van der Waals surface area contributed by atoms with Crippen molar-refractivity contribution in [3.05, 3.63) is 35.9 Å². The maximum Gasteiger partial charge on any atom is 0.393 e. The van der Waals surface area contributed by atoms with Crippen LogP contribution in [0.15, 0.2) is 30.3 Å². The molecule has 0 unspecified atom stereocenters. The van der Waals surface area contributed by atoms with Crippen molar-refractivity contribution in [2.75, 3.05) is 6.54 Å². The minimum atomic E-state index is -4.06. The van der Waals surface area contributed by atoms with E-state index < -0.39 is 12.1 Å². The zero-order valence-corrected chi connectivity index (χ0v) is 8.80. The summed E-state index contributed by atoms with van der Waals surface area (Å²) in [6.07, 6.45) is -3.29. The van der Waals surface area contributed by atoms with Crippen LogP contribution in [-0.4, -0.2) is 12.7 Å². The summed E-state index contributed by atoms with van der Waals surface area (Å²) < 4.78 is 37.3. The molecule has 1 aromatic carbocycles. The summed E-state index contributed by atoms with van der Waals surface area (Å²) in [4.78, 5) is 0. The van der Waals surface area contributed by atoms with E-state index >= 15 is 0 Å². The van der Waals surface area contributed by atoms with Gasteiger partial charge < -0.3 is 5.32 Å². The Hall–Kier alpha value is -1.03. The van der Waals surface area contributed by atoms with E-state index in [4.69, 9.17) is 0 Å². The van der Waals surface area contributed by atoms with Crippen LogP contribution in [0.5, 0.6) is 0 Å². The SMILES string of the molecule is FC(F)(F)[C@H]1CC[C@H](c2ccccc2)NC1. The van der Waals surface area contributed by atoms with Gasteiger partial charge in [0.15, 0.2) is 0 Å². The third-order valence-electron chi connectivity index (χ3n) is 3.08. The van der Waals surface area contributed by atoms with E-state index in [1.54, 1.807) is 0 Å². The van der Waals surface area contributed by atoms with Gasteiger partial charge in [0.25, 0.3) is 0 Å². The molecule has 1 nitrogen and oxygen atoms in total. The number of hydrogen-bond acceptors (Lipinski definition) is 1. The Balaban J connectivity index is 1.96. The van der Waals surface area contributed by atoms with Crippen molar-refractivity contribution in [3.63, 3.8) is 0 Å². The van der Waals surface area contributed by atoms with Gasteiger partial charge in [0, 0.05) is 12.6 Å². The number of halogens is 3. The number of rotatable bonds is 1. The van der Waals surface area contributed by atoms with Gasteiger partial charge in [0.1, 0.15) is 0 Å². The molecule has 0 amide bonds. The van der Waals surface area contributed by atoms with Crippen LogP contribution in [0.4, 0.5) is 13.2 Å². The van der Waals surface area contributed by atoms with E-state index in [9.17, 15) is 13.2 Å². The standard InChI is InChI=1S/C12H14F3N/c13-12(14,15)10-6-7-11(16-8-10)9-4-2-1-3-5-9/h1-5,10-11,16H,6-8H2/t10-,11+/m0/s1. The summed E-state index contributed by atoms with van der Waals surface area (Å²) in [7, 11) is 0. The number of benzene rings is 1. The molecule has 0 spiro atoms. The van der Waals surface area contributed by atoms with E-state index in [-0.39, 0.29) is 19.0 Å². The van der Waals surface area contributed by atoms with E-state index in [1.165, 1.54) is 0 Å². The Morgan fingerprint density at radius 1 is 1.06 bits per heavy atom. The molecular weight excluding hydrogens is 215 g/mol. The molecule has 88 valence electrons. The molecule has 1 saturated heterocycles. The van der Waals surface area contributed by atoms with Gasteiger partial charge in [-0.05, 0) is 18.4 Å². The lowest BCUT2D eigenvalue weighted by Gasteiger charge is -2.31. The fourth-order valence-electron chi connectivity index (χ4n) is 2.11. The van der Waals surface area contributed by atoms with Gasteiger partial charge >= 0.3 is 6.18 Å². The van der Waals surface area contributed by atoms with Crippen molar-refractivity contribution in [2.24, 2.45) is 5.92 Å². The minimum absolute atomic E-state index is 0.0308. The van der Waals surface area contributed by atoms with Crippen LogP contribution in [0.25, 0.3) is 0 Å². The molecule has 1 aromatic rings. The van der Waals surface area contributed by atoms with Crippen LogP contribution in [0, 0.1) is 5.92 Å². The van der Waals surface area contributed by atoms with Crippen molar-refractivity contribution in [2.45, 2.75) is 25.1 Å². The lowest BCUT2D eigenvalue weighted by molar-refractivity contribution is -0.179. The molecule has 0 saturated carbocycles. The van der Waals surface area contributed by atoms with Gasteiger partial charge in [-0.2, -0.15) is 13.2 Å². The molecule has 0 aromatic heterocycles. The lowest BCUT2D eigenvalue weighted by atomic mass is 9.91. The number of piperidine rings is 1. The molecule has 0 bridgehead atoms. The smallest absolute Gasteiger partial charge is 0.309 e. The highest BCUT2D eigenvalue weighted by Gasteiger charge is 2.41. The number of hydrogen-bond donors (Lipinski definition) is 1. The topological polar surface area (TPSA) is 12.0 Å². The van der Waals surface area contributed by atoms with Crippen molar-refractivity contribution < 1.29 is 13.2 Å². The molecular formula is C12H14F3N. The first-order chi connectivity index (χ1) is 7.57. The molecule has 0 aliphatic carbocycles.